The highest BCUT2D eigenvalue weighted by Crippen LogP contribution is 2.31. The van der Waals surface area contributed by atoms with Gasteiger partial charge in [0, 0.05) is 0 Å². The molecule has 0 aromatic heterocycles. The number of benzene rings is 2. The third-order valence-electron chi connectivity index (χ3n) is 4.58. The van der Waals surface area contributed by atoms with Crippen molar-refractivity contribution in [2.75, 3.05) is 33.5 Å². The molecule has 0 spiro atoms. The van der Waals surface area contributed by atoms with E-state index in [4.69, 9.17) is 24.7 Å². The Labute approximate surface area is 186 Å². The second-order valence-electron chi connectivity index (χ2n) is 6.83. The Balaban J connectivity index is 1.41. The molecule has 0 aliphatic carbocycles. The standard InChI is InChI=1S/C23H26N2O5S/c1-15-4-6-18(12-16(15)2)29-10-8-28-9-11-30-19-7-5-17(13-20(19)27-3)14-21-22(26)25-23(24)31-21/h4-7,12-14H,8-11H2,1-3H3,(H2,24,25,26)/b21-14+. The smallest absolute Gasteiger partial charge is 0.286 e. The molecule has 31 heavy (non-hydrogen) atoms. The molecule has 1 aliphatic heterocycles. The Bertz CT molecular complexity index is 1000. The topological polar surface area (TPSA) is 92.4 Å². The molecule has 1 aliphatic rings. The van der Waals surface area contributed by atoms with Crippen molar-refractivity contribution in [2.24, 2.45) is 10.7 Å². The van der Waals surface area contributed by atoms with Crippen LogP contribution in [0.3, 0.4) is 0 Å². The van der Waals surface area contributed by atoms with Gasteiger partial charge < -0.3 is 24.7 Å². The summed E-state index contributed by atoms with van der Waals surface area (Å²) in [5.41, 5.74) is 8.82. The van der Waals surface area contributed by atoms with Crippen LogP contribution in [0.5, 0.6) is 17.2 Å². The van der Waals surface area contributed by atoms with Gasteiger partial charge >= 0.3 is 0 Å². The summed E-state index contributed by atoms with van der Waals surface area (Å²) in [6.07, 6.45) is 1.72. The van der Waals surface area contributed by atoms with Crippen molar-refractivity contribution in [1.82, 2.24) is 0 Å². The molecule has 1 amide bonds. The molecule has 0 bridgehead atoms. The van der Waals surface area contributed by atoms with Crippen LogP contribution in [0.25, 0.3) is 6.08 Å². The van der Waals surface area contributed by atoms with E-state index in [2.05, 4.69) is 18.8 Å². The van der Waals surface area contributed by atoms with Gasteiger partial charge in [-0.25, -0.2) is 0 Å². The van der Waals surface area contributed by atoms with Crippen LogP contribution in [0.4, 0.5) is 0 Å². The zero-order chi connectivity index (χ0) is 22.2. The second kappa shape index (κ2) is 10.9. The summed E-state index contributed by atoms with van der Waals surface area (Å²) < 4.78 is 22.4. The lowest BCUT2D eigenvalue weighted by Gasteiger charge is -2.12. The number of ether oxygens (including phenoxy) is 4. The van der Waals surface area contributed by atoms with E-state index in [0.29, 0.717) is 42.8 Å². The van der Waals surface area contributed by atoms with Crippen LogP contribution in [0.15, 0.2) is 46.3 Å². The highest BCUT2D eigenvalue weighted by molar-refractivity contribution is 8.18. The monoisotopic (exact) mass is 442 g/mol. The second-order valence-corrected chi connectivity index (χ2v) is 7.89. The molecule has 8 heteroatoms. The van der Waals surface area contributed by atoms with Gasteiger partial charge in [0.2, 0.25) is 0 Å². The van der Waals surface area contributed by atoms with Crippen molar-refractivity contribution in [3.63, 3.8) is 0 Å². The van der Waals surface area contributed by atoms with Crippen molar-refractivity contribution >= 4 is 28.9 Å². The summed E-state index contributed by atoms with van der Waals surface area (Å²) in [6, 6.07) is 11.5. The molecule has 2 aromatic carbocycles. The summed E-state index contributed by atoms with van der Waals surface area (Å²) in [6.45, 7) is 5.87. The Morgan fingerprint density at radius 1 is 0.968 bits per heavy atom. The van der Waals surface area contributed by atoms with Crippen LogP contribution in [-0.2, 0) is 9.53 Å². The summed E-state index contributed by atoms with van der Waals surface area (Å²) in [5, 5.41) is 0.252. The van der Waals surface area contributed by atoms with Crippen molar-refractivity contribution < 1.29 is 23.7 Å². The van der Waals surface area contributed by atoms with E-state index >= 15 is 0 Å². The molecule has 2 N–H and O–H groups in total. The van der Waals surface area contributed by atoms with Gasteiger partial charge in [0.1, 0.15) is 19.0 Å². The molecule has 0 fully saturated rings. The lowest BCUT2D eigenvalue weighted by Crippen LogP contribution is -2.12. The fraction of sp³-hybridized carbons (Fsp3) is 0.304. The van der Waals surface area contributed by atoms with Crippen LogP contribution >= 0.6 is 11.8 Å². The largest absolute Gasteiger partial charge is 0.493 e. The summed E-state index contributed by atoms with van der Waals surface area (Å²) in [7, 11) is 1.57. The number of aryl methyl sites for hydroxylation is 2. The van der Waals surface area contributed by atoms with Gasteiger partial charge in [-0.1, -0.05) is 12.1 Å². The SMILES string of the molecule is COc1cc(/C=C2/SC(N)=NC2=O)ccc1OCCOCCOc1ccc(C)c(C)c1. The Hall–Kier alpha value is -2.97. The van der Waals surface area contributed by atoms with Gasteiger partial charge in [-0.3, -0.25) is 4.79 Å². The zero-order valence-corrected chi connectivity index (χ0v) is 18.7. The number of hydrogen-bond acceptors (Lipinski definition) is 7. The number of amidine groups is 1. The number of hydrogen-bond donors (Lipinski definition) is 1. The van der Waals surface area contributed by atoms with Gasteiger partial charge in [0.15, 0.2) is 16.7 Å². The zero-order valence-electron chi connectivity index (χ0n) is 17.8. The minimum absolute atomic E-state index is 0.252. The highest BCUT2D eigenvalue weighted by atomic mass is 32.2. The summed E-state index contributed by atoms with van der Waals surface area (Å²) in [4.78, 5) is 15.9. The van der Waals surface area contributed by atoms with Crippen molar-refractivity contribution in [3.8, 4) is 17.2 Å². The predicted molar refractivity (Wildman–Crippen MR) is 123 cm³/mol. The number of nitrogens with zero attached hydrogens (tertiary/aromatic N) is 1. The first-order valence-electron chi connectivity index (χ1n) is 9.83. The fourth-order valence-corrected chi connectivity index (χ4v) is 3.49. The highest BCUT2D eigenvalue weighted by Gasteiger charge is 2.19. The van der Waals surface area contributed by atoms with Gasteiger partial charge in [0.05, 0.1) is 25.2 Å². The first-order valence-corrected chi connectivity index (χ1v) is 10.6. The van der Waals surface area contributed by atoms with Gasteiger partial charge in [-0.15, -0.1) is 0 Å². The molecular weight excluding hydrogens is 416 g/mol. The Morgan fingerprint density at radius 2 is 1.74 bits per heavy atom. The number of thioether (sulfide) groups is 1. The number of rotatable bonds is 10. The fourth-order valence-electron chi connectivity index (χ4n) is 2.80. The third kappa shape index (κ3) is 6.50. The first-order chi connectivity index (χ1) is 15.0. The Kier molecular flexibility index (Phi) is 7.97. The van der Waals surface area contributed by atoms with Crippen LogP contribution < -0.4 is 19.9 Å². The number of carbonyl (C=O) groups is 1. The van der Waals surface area contributed by atoms with Crippen molar-refractivity contribution in [1.29, 1.82) is 0 Å². The lowest BCUT2D eigenvalue weighted by molar-refractivity contribution is -0.113. The van der Waals surface area contributed by atoms with E-state index < -0.39 is 0 Å². The number of methoxy groups -OCH3 is 1. The third-order valence-corrected chi connectivity index (χ3v) is 5.40. The van der Waals surface area contributed by atoms with Gasteiger partial charge in [-0.2, -0.15) is 4.99 Å². The molecule has 0 unspecified atom stereocenters. The maximum Gasteiger partial charge on any atom is 0.286 e. The number of aliphatic imine (C=N–C) groups is 1. The Morgan fingerprint density at radius 3 is 2.42 bits per heavy atom. The molecule has 7 nitrogen and oxygen atoms in total. The summed E-state index contributed by atoms with van der Waals surface area (Å²) in [5.74, 6) is 1.67. The molecule has 2 aromatic rings. The minimum Gasteiger partial charge on any atom is -0.493 e. The average Bonchev–Trinajstić information content (AvgIpc) is 3.07. The van der Waals surface area contributed by atoms with Gasteiger partial charge in [-0.05, 0) is 72.6 Å². The maximum absolute atomic E-state index is 11.7. The molecular formula is C23H26N2O5S. The number of amides is 1. The number of carbonyl (C=O) groups excluding carboxylic acids is 1. The van der Waals surface area contributed by atoms with E-state index in [1.54, 1.807) is 25.3 Å². The van der Waals surface area contributed by atoms with Crippen LogP contribution in [0.2, 0.25) is 0 Å². The molecule has 3 rings (SSSR count). The first kappa shape index (κ1) is 22.7. The molecule has 0 saturated heterocycles. The number of nitrogens with two attached hydrogens (primary N) is 1. The molecule has 1 heterocycles. The lowest BCUT2D eigenvalue weighted by atomic mass is 10.1. The van der Waals surface area contributed by atoms with E-state index in [1.165, 1.54) is 11.1 Å². The van der Waals surface area contributed by atoms with E-state index in [-0.39, 0.29) is 11.1 Å². The average molecular weight is 443 g/mol. The molecule has 164 valence electrons. The normalized spacial score (nSPS) is 14.6. The summed E-state index contributed by atoms with van der Waals surface area (Å²) >= 11 is 1.15. The van der Waals surface area contributed by atoms with Crippen molar-refractivity contribution in [2.45, 2.75) is 13.8 Å². The molecule has 0 saturated carbocycles. The quantitative estimate of drug-likeness (QED) is 0.443. The minimum atomic E-state index is -0.333. The van der Waals surface area contributed by atoms with E-state index in [0.717, 1.165) is 23.1 Å². The molecule has 0 atom stereocenters. The van der Waals surface area contributed by atoms with Gasteiger partial charge in [0.25, 0.3) is 5.91 Å². The maximum atomic E-state index is 11.7. The van der Waals surface area contributed by atoms with Crippen LogP contribution in [-0.4, -0.2) is 44.6 Å². The van der Waals surface area contributed by atoms with Crippen LogP contribution in [0.1, 0.15) is 16.7 Å². The van der Waals surface area contributed by atoms with Crippen LogP contribution in [0, 0.1) is 13.8 Å². The molecule has 0 radical (unpaired) electrons. The van der Waals surface area contributed by atoms with Crippen molar-refractivity contribution in [3.05, 3.63) is 58.0 Å². The van der Waals surface area contributed by atoms with E-state index in [1.807, 2.05) is 24.3 Å². The predicted octanol–water partition coefficient (Wildman–Crippen LogP) is 3.72. The van der Waals surface area contributed by atoms with E-state index in [9.17, 15) is 4.79 Å².